The van der Waals surface area contributed by atoms with Crippen molar-refractivity contribution in [2.24, 2.45) is 5.92 Å². The van der Waals surface area contributed by atoms with Crippen LogP contribution in [0.4, 0.5) is 10.1 Å². The summed E-state index contributed by atoms with van der Waals surface area (Å²) >= 11 is 0. The van der Waals surface area contributed by atoms with E-state index in [0.717, 1.165) is 5.56 Å². The number of ether oxygens (including phenoxy) is 1. The molecule has 0 saturated carbocycles. The summed E-state index contributed by atoms with van der Waals surface area (Å²) in [6, 6.07) is 4.83. The summed E-state index contributed by atoms with van der Waals surface area (Å²) in [6.45, 7) is 6.12. The number of carbonyl (C=O) groups excluding carboxylic acids is 1. The Bertz CT molecular complexity index is 393. The van der Waals surface area contributed by atoms with Gasteiger partial charge in [0.1, 0.15) is 5.82 Å². The molecule has 0 saturated heterocycles. The Labute approximate surface area is 101 Å². The molecule has 0 heterocycles. The van der Waals surface area contributed by atoms with Crippen molar-refractivity contribution in [3.8, 4) is 0 Å². The Hall–Kier alpha value is -1.58. The van der Waals surface area contributed by atoms with Crippen LogP contribution in [0.15, 0.2) is 18.2 Å². The van der Waals surface area contributed by atoms with Gasteiger partial charge in [0, 0.05) is 6.54 Å². The maximum atomic E-state index is 13.4. The van der Waals surface area contributed by atoms with Crippen LogP contribution < -0.4 is 5.32 Å². The summed E-state index contributed by atoms with van der Waals surface area (Å²) in [7, 11) is 0. The minimum atomic E-state index is -0.313. The summed E-state index contributed by atoms with van der Waals surface area (Å²) in [4.78, 5) is 11.4. The molecule has 1 atom stereocenters. The normalized spacial score (nSPS) is 12.0. The fraction of sp³-hybridized carbons (Fsp3) is 0.462. The van der Waals surface area contributed by atoms with E-state index in [0.29, 0.717) is 18.8 Å². The van der Waals surface area contributed by atoms with Crippen molar-refractivity contribution in [3.63, 3.8) is 0 Å². The first-order valence-electron chi connectivity index (χ1n) is 5.71. The van der Waals surface area contributed by atoms with E-state index >= 15 is 0 Å². The molecule has 4 heteroatoms. The molecule has 0 aliphatic carbocycles. The zero-order valence-corrected chi connectivity index (χ0v) is 10.4. The van der Waals surface area contributed by atoms with Crippen LogP contribution in [-0.2, 0) is 9.53 Å². The van der Waals surface area contributed by atoms with Gasteiger partial charge in [0.15, 0.2) is 0 Å². The molecule has 0 aliphatic heterocycles. The summed E-state index contributed by atoms with van der Waals surface area (Å²) < 4.78 is 18.3. The Balaban J connectivity index is 2.55. The second kappa shape index (κ2) is 6.23. The van der Waals surface area contributed by atoms with Crippen molar-refractivity contribution in [1.29, 1.82) is 0 Å². The second-order valence-electron chi connectivity index (χ2n) is 4.02. The quantitative estimate of drug-likeness (QED) is 0.803. The molecule has 0 fully saturated rings. The van der Waals surface area contributed by atoms with Gasteiger partial charge in [0.05, 0.1) is 18.2 Å². The molecule has 1 aromatic rings. The van der Waals surface area contributed by atoms with Gasteiger partial charge >= 0.3 is 5.97 Å². The van der Waals surface area contributed by atoms with Gasteiger partial charge in [-0.15, -0.1) is 0 Å². The van der Waals surface area contributed by atoms with Gasteiger partial charge in [0.2, 0.25) is 0 Å². The maximum Gasteiger partial charge on any atom is 0.310 e. The van der Waals surface area contributed by atoms with Gasteiger partial charge in [-0.1, -0.05) is 13.0 Å². The summed E-state index contributed by atoms with van der Waals surface area (Å²) in [5.41, 5.74) is 1.39. The van der Waals surface area contributed by atoms with Gasteiger partial charge in [-0.25, -0.2) is 4.39 Å². The Morgan fingerprint density at radius 1 is 1.53 bits per heavy atom. The molecular weight excluding hydrogens is 221 g/mol. The van der Waals surface area contributed by atoms with Crippen molar-refractivity contribution in [3.05, 3.63) is 29.6 Å². The third kappa shape index (κ3) is 4.06. The molecule has 0 spiro atoms. The number of hydrogen-bond acceptors (Lipinski definition) is 3. The first kappa shape index (κ1) is 13.5. The number of aryl methyl sites for hydroxylation is 1. The summed E-state index contributed by atoms with van der Waals surface area (Å²) in [6.07, 6.45) is 0. The molecule has 1 aromatic carbocycles. The Morgan fingerprint density at radius 2 is 2.24 bits per heavy atom. The van der Waals surface area contributed by atoms with Crippen LogP contribution in [0.25, 0.3) is 0 Å². The van der Waals surface area contributed by atoms with E-state index in [-0.39, 0.29) is 17.7 Å². The third-order valence-electron chi connectivity index (χ3n) is 2.41. The molecule has 1 unspecified atom stereocenters. The van der Waals surface area contributed by atoms with Gasteiger partial charge in [-0.2, -0.15) is 0 Å². The fourth-order valence-electron chi connectivity index (χ4n) is 1.41. The fourth-order valence-corrected chi connectivity index (χ4v) is 1.41. The van der Waals surface area contributed by atoms with Crippen molar-refractivity contribution in [1.82, 2.24) is 0 Å². The Kier molecular flexibility index (Phi) is 4.94. The number of hydrogen-bond donors (Lipinski definition) is 1. The highest BCUT2D eigenvalue weighted by Crippen LogP contribution is 2.16. The van der Waals surface area contributed by atoms with Gasteiger partial charge in [-0.05, 0) is 31.5 Å². The molecule has 17 heavy (non-hydrogen) atoms. The largest absolute Gasteiger partial charge is 0.466 e. The monoisotopic (exact) mass is 239 g/mol. The molecule has 1 rings (SSSR count). The van der Waals surface area contributed by atoms with Crippen molar-refractivity contribution in [2.45, 2.75) is 20.8 Å². The maximum absolute atomic E-state index is 13.4. The highest BCUT2D eigenvalue weighted by Gasteiger charge is 2.14. The van der Waals surface area contributed by atoms with E-state index in [4.69, 9.17) is 4.74 Å². The predicted molar refractivity (Wildman–Crippen MR) is 65.4 cm³/mol. The first-order chi connectivity index (χ1) is 8.04. The van der Waals surface area contributed by atoms with Gasteiger partial charge in [0.25, 0.3) is 0 Å². The van der Waals surface area contributed by atoms with Crippen LogP contribution in [0.5, 0.6) is 0 Å². The summed E-state index contributed by atoms with van der Waals surface area (Å²) in [5.74, 6) is -0.880. The number of rotatable bonds is 5. The molecule has 1 N–H and O–H groups in total. The molecule has 0 bridgehead atoms. The third-order valence-corrected chi connectivity index (χ3v) is 2.41. The smallest absolute Gasteiger partial charge is 0.310 e. The van der Waals surface area contributed by atoms with Crippen molar-refractivity contribution in [2.75, 3.05) is 18.5 Å². The lowest BCUT2D eigenvalue weighted by Gasteiger charge is -2.13. The number of halogens is 1. The van der Waals surface area contributed by atoms with Gasteiger partial charge in [-0.3, -0.25) is 4.79 Å². The SMILES string of the molecule is CCOC(=O)C(C)CNc1cc(C)ccc1F. The molecule has 94 valence electrons. The number of esters is 1. The number of carbonyl (C=O) groups is 1. The van der Waals surface area contributed by atoms with E-state index in [1.54, 1.807) is 26.0 Å². The van der Waals surface area contributed by atoms with Crippen LogP contribution in [0.3, 0.4) is 0 Å². The second-order valence-corrected chi connectivity index (χ2v) is 4.02. The van der Waals surface area contributed by atoms with Crippen LogP contribution in [0.1, 0.15) is 19.4 Å². The standard InChI is InChI=1S/C13H18FNO2/c1-4-17-13(16)10(3)8-15-12-7-9(2)5-6-11(12)14/h5-7,10,15H,4,8H2,1-3H3. The van der Waals surface area contributed by atoms with Crippen LogP contribution >= 0.6 is 0 Å². The topological polar surface area (TPSA) is 38.3 Å². The lowest BCUT2D eigenvalue weighted by atomic mass is 10.1. The molecule has 0 amide bonds. The molecule has 3 nitrogen and oxygen atoms in total. The van der Waals surface area contributed by atoms with E-state index in [1.807, 2.05) is 6.92 Å². The molecular formula is C13H18FNO2. The molecule has 0 radical (unpaired) electrons. The zero-order chi connectivity index (χ0) is 12.8. The number of anilines is 1. The van der Waals surface area contributed by atoms with Crippen LogP contribution in [-0.4, -0.2) is 19.1 Å². The lowest BCUT2D eigenvalue weighted by molar-refractivity contribution is -0.146. The van der Waals surface area contributed by atoms with Crippen molar-refractivity contribution < 1.29 is 13.9 Å². The minimum absolute atomic E-state index is 0.270. The van der Waals surface area contributed by atoms with E-state index in [1.165, 1.54) is 6.07 Å². The molecule has 0 aliphatic rings. The molecule has 0 aromatic heterocycles. The lowest BCUT2D eigenvalue weighted by Crippen LogP contribution is -2.22. The van der Waals surface area contributed by atoms with Crippen molar-refractivity contribution >= 4 is 11.7 Å². The highest BCUT2D eigenvalue weighted by molar-refractivity contribution is 5.72. The number of nitrogens with one attached hydrogen (secondary N) is 1. The van der Waals surface area contributed by atoms with E-state index < -0.39 is 0 Å². The number of benzene rings is 1. The zero-order valence-electron chi connectivity index (χ0n) is 10.4. The predicted octanol–water partition coefficient (Wildman–Crippen LogP) is 2.75. The summed E-state index contributed by atoms with van der Waals surface area (Å²) in [5, 5.41) is 2.92. The van der Waals surface area contributed by atoms with E-state index in [9.17, 15) is 9.18 Å². The minimum Gasteiger partial charge on any atom is -0.466 e. The van der Waals surface area contributed by atoms with Crippen LogP contribution in [0, 0.1) is 18.7 Å². The average Bonchev–Trinajstić information content (AvgIpc) is 2.30. The Morgan fingerprint density at radius 3 is 2.88 bits per heavy atom. The van der Waals surface area contributed by atoms with Gasteiger partial charge < -0.3 is 10.1 Å². The first-order valence-corrected chi connectivity index (χ1v) is 5.71. The van der Waals surface area contributed by atoms with E-state index in [2.05, 4.69) is 5.32 Å². The van der Waals surface area contributed by atoms with Crippen LogP contribution in [0.2, 0.25) is 0 Å². The highest BCUT2D eigenvalue weighted by atomic mass is 19.1. The average molecular weight is 239 g/mol.